The average molecular weight is 378 g/mol. The maximum atomic E-state index is 11.4. The van der Waals surface area contributed by atoms with Crippen LogP contribution < -0.4 is 10.5 Å². The van der Waals surface area contributed by atoms with Crippen LogP contribution in [0.25, 0.3) is 0 Å². The van der Waals surface area contributed by atoms with Gasteiger partial charge in [0.1, 0.15) is 0 Å². The molecule has 0 aliphatic rings. The van der Waals surface area contributed by atoms with Gasteiger partial charge in [-0.15, -0.1) is 0 Å². The van der Waals surface area contributed by atoms with E-state index in [1.807, 2.05) is 32.7 Å². The zero-order valence-corrected chi connectivity index (χ0v) is 16.4. The molecule has 0 bridgehead atoms. The van der Waals surface area contributed by atoms with Crippen LogP contribution in [0.15, 0.2) is 47.4 Å². The Morgan fingerprint density at radius 2 is 1.76 bits per heavy atom. The molecule has 0 saturated carbocycles. The Morgan fingerprint density at radius 1 is 1.16 bits per heavy atom. The zero-order chi connectivity index (χ0) is 18.8. The summed E-state index contributed by atoms with van der Waals surface area (Å²) in [6.45, 7) is 6.07. The second-order valence-corrected chi connectivity index (χ2v) is 8.10. The Bertz CT molecular complexity index is 878. The SMILES string of the molecule is Cc1ccc(C)c(NC(=S)N(C)[C@H](C)c2ccc(S(N)(=O)=O)cc2)c1. The summed E-state index contributed by atoms with van der Waals surface area (Å²) in [4.78, 5) is 2.03. The molecule has 5 nitrogen and oxygen atoms in total. The highest BCUT2D eigenvalue weighted by molar-refractivity contribution is 7.89. The Labute approximate surface area is 154 Å². The number of primary sulfonamides is 1. The fraction of sp³-hybridized carbons (Fsp3) is 0.278. The van der Waals surface area contributed by atoms with Gasteiger partial charge in [-0.25, -0.2) is 13.6 Å². The second-order valence-electron chi connectivity index (χ2n) is 6.15. The molecule has 0 fully saturated rings. The van der Waals surface area contributed by atoms with Gasteiger partial charge in [0, 0.05) is 12.7 Å². The highest BCUT2D eigenvalue weighted by atomic mass is 32.2. The lowest BCUT2D eigenvalue weighted by atomic mass is 10.1. The molecule has 2 aromatic rings. The predicted molar refractivity (Wildman–Crippen MR) is 106 cm³/mol. The molecule has 0 amide bonds. The van der Waals surface area contributed by atoms with Crippen molar-refractivity contribution in [1.82, 2.24) is 4.90 Å². The number of hydrogen-bond acceptors (Lipinski definition) is 3. The lowest BCUT2D eigenvalue weighted by Crippen LogP contribution is -2.33. The molecular formula is C18H23N3O2S2. The van der Waals surface area contributed by atoms with Gasteiger partial charge in [-0.1, -0.05) is 24.3 Å². The number of sulfonamides is 1. The lowest BCUT2D eigenvalue weighted by molar-refractivity contribution is 0.408. The summed E-state index contributed by atoms with van der Waals surface area (Å²) >= 11 is 5.52. The summed E-state index contributed by atoms with van der Waals surface area (Å²) in [5.74, 6) is 0. The van der Waals surface area contributed by atoms with Crippen LogP contribution in [0.3, 0.4) is 0 Å². The van der Waals surface area contributed by atoms with E-state index in [0.717, 1.165) is 22.4 Å². The molecule has 0 radical (unpaired) electrons. The molecule has 1 atom stereocenters. The zero-order valence-electron chi connectivity index (χ0n) is 14.8. The number of hydrogen-bond donors (Lipinski definition) is 2. The van der Waals surface area contributed by atoms with Gasteiger partial charge in [-0.3, -0.25) is 0 Å². The summed E-state index contributed by atoms with van der Waals surface area (Å²) in [5, 5.41) is 9.01. The van der Waals surface area contributed by atoms with Crippen molar-refractivity contribution in [2.45, 2.75) is 31.7 Å². The van der Waals surface area contributed by atoms with E-state index in [1.165, 1.54) is 12.1 Å². The minimum absolute atomic E-state index is 0.0281. The van der Waals surface area contributed by atoms with Crippen LogP contribution in [0, 0.1) is 13.8 Å². The second kappa shape index (κ2) is 7.51. The Balaban J connectivity index is 2.14. The first kappa shape index (κ1) is 19.4. The summed E-state index contributed by atoms with van der Waals surface area (Å²) < 4.78 is 22.7. The van der Waals surface area contributed by atoms with Gasteiger partial charge in [0.05, 0.1) is 10.9 Å². The minimum atomic E-state index is -3.68. The molecular weight excluding hydrogens is 354 g/mol. The summed E-state index contributed by atoms with van der Waals surface area (Å²) in [6, 6.07) is 12.7. The van der Waals surface area contributed by atoms with Crippen LogP contribution in [0.2, 0.25) is 0 Å². The number of nitrogens with zero attached hydrogens (tertiary/aromatic N) is 1. The van der Waals surface area contributed by atoms with E-state index < -0.39 is 10.0 Å². The number of nitrogens with one attached hydrogen (secondary N) is 1. The number of nitrogens with two attached hydrogens (primary N) is 1. The smallest absolute Gasteiger partial charge is 0.238 e. The molecule has 0 heterocycles. The van der Waals surface area contributed by atoms with Crippen molar-refractivity contribution in [3.63, 3.8) is 0 Å². The molecule has 0 spiro atoms. The number of anilines is 1. The van der Waals surface area contributed by atoms with Crippen LogP contribution >= 0.6 is 12.2 Å². The van der Waals surface area contributed by atoms with E-state index in [9.17, 15) is 8.42 Å². The van der Waals surface area contributed by atoms with E-state index in [4.69, 9.17) is 17.4 Å². The van der Waals surface area contributed by atoms with E-state index in [0.29, 0.717) is 5.11 Å². The molecule has 7 heteroatoms. The van der Waals surface area contributed by atoms with Crippen molar-refractivity contribution < 1.29 is 8.42 Å². The monoisotopic (exact) mass is 377 g/mol. The molecule has 134 valence electrons. The maximum Gasteiger partial charge on any atom is 0.238 e. The van der Waals surface area contributed by atoms with Crippen LogP contribution in [-0.2, 0) is 10.0 Å². The fourth-order valence-electron chi connectivity index (χ4n) is 2.41. The van der Waals surface area contributed by atoms with Crippen LogP contribution in [0.1, 0.15) is 29.7 Å². The molecule has 0 aliphatic heterocycles. The number of aryl methyl sites for hydroxylation is 2. The standard InChI is InChI=1S/C18H23N3O2S2/c1-12-5-6-13(2)17(11-12)20-18(24)21(4)14(3)15-7-9-16(10-8-15)25(19,22)23/h5-11,14H,1-4H3,(H,20,24)(H2,19,22,23)/t14-/m1/s1. The number of thiocarbonyl (C=S) groups is 1. The van der Waals surface area contributed by atoms with Gasteiger partial charge in [0.25, 0.3) is 0 Å². The van der Waals surface area contributed by atoms with E-state index in [2.05, 4.69) is 23.5 Å². The van der Waals surface area contributed by atoms with Crippen molar-refractivity contribution in [3.8, 4) is 0 Å². The van der Waals surface area contributed by atoms with Crippen LogP contribution in [0.5, 0.6) is 0 Å². The van der Waals surface area contributed by atoms with E-state index >= 15 is 0 Å². The third kappa shape index (κ3) is 4.78. The van der Waals surface area contributed by atoms with E-state index in [1.54, 1.807) is 12.1 Å². The molecule has 2 aromatic carbocycles. The summed E-state index contributed by atoms with van der Waals surface area (Å²) in [7, 11) is -1.78. The van der Waals surface area contributed by atoms with Gasteiger partial charge < -0.3 is 10.2 Å². The normalized spacial score (nSPS) is 12.5. The third-order valence-electron chi connectivity index (χ3n) is 4.23. The Hall–Kier alpha value is -1.96. The third-order valence-corrected chi connectivity index (χ3v) is 5.55. The van der Waals surface area contributed by atoms with Gasteiger partial charge in [0.2, 0.25) is 10.0 Å². The highest BCUT2D eigenvalue weighted by Gasteiger charge is 2.16. The lowest BCUT2D eigenvalue weighted by Gasteiger charge is -2.28. The predicted octanol–water partition coefficient (Wildman–Crippen LogP) is 3.34. The van der Waals surface area contributed by atoms with E-state index in [-0.39, 0.29) is 10.9 Å². The quantitative estimate of drug-likeness (QED) is 0.799. The van der Waals surface area contributed by atoms with Crippen LogP contribution in [-0.4, -0.2) is 25.5 Å². The highest BCUT2D eigenvalue weighted by Crippen LogP contribution is 2.23. The summed E-state index contributed by atoms with van der Waals surface area (Å²) in [6.07, 6.45) is 0. The molecule has 0 aliphatic carbocycles. The van der Waals surface area contributed by atoms with Crippen LogP contribution in [0.4, 0.5) is 5.69 Å². The van der Waals surface area contributed by atoms with Crippen molar-refractivity contribution in [3.05, 3.63) is 59.2 Å². The van der Waals surface area contributed by atoms with Gasteiger partial charge in [0.15, 0.2) is 5.11 Å². The first-order valence-corrected chi connectivity index (χ1v) is 9.79. The molecule has 25 heavy (non-hydrogen) atoms. The van der Waals surface area contributed by atoms with Gasteiger partial charge >= 0.3 is 0 Å². The molecule has 2 rings (SSSR count). The first-order valence-electron chi connectivity index (χ1n) is 7.83. The topological polar surface area (TPSA) is 75.4 Å². The van der Waals surface area contributed by atoms with Crippen molar-refractivity contribution in [2.24, 2.45) is 5.14 Å². The Morgan fingerprint density at radius 3 is 2.32 bits per heavy atom. The summed E-state index contributed by atoms with van der Waals surface area (Å²) in [5.41, 5.74) is 4.20. The average Bonchev–Trinajstić information content (AvgIpc) is 2.56. The first-order chi connectivity index (χ1) is 11.6. The number of rotatable bonds is 4. The molecule has 0 unspecified atom stereocenters. The largest absolute Gasteiger partial charge is 0.345 e. The van der Waals surface area contributed by atoms with Crippen molar-refractivity contribution in [2.75, 3.05) is 12.4 Å². The number of benzene rings is 2. The van der Waals surface area contributed by atoms with Gasteiger partial charge in [-0.2, -0.15) is 0 Å². The molecule has 0 aromatic heterocycles. The Kier molecular flexibility index (Phi) is 5.82. The van der Waals surface area contributed by atoms with Crippen molar-refractivity contribution in [1.29, 1.82) is 0 Å². The van der Waals surface area contributed by atoms with Crippen molar-refractivity contribution >= 4 is 33.0 Å². The maximum absolute atomic E-state index is 11.4. The molecule has 0 saturated heterocycles. The fourth-order valence-corrected chi connectivity index (χ4v) is 3.19. The molecule has 3 N–H and O–H groups in total. The minimum Gasteiger partial charge on any atom is -0.345 e. The van der Waals surface area contributed by atoms with Gasteiger partial charge in [-0.05, 0) is 67.9 Å².